The average molecular weight is 330 g/mol. The van der Waals surface area contributed by atoms with E-state index in [1.165, 1.54) is 19.1 Å². The number of hydrogen-bond donors (Lipinski definition) is 2. The Morgan fingerprint density at radius 1 is 1.41 bits per heavy atom. The summed E-state index contributed by atoms with van der Waals surface area (Å²) in [6, 6.07) is 4.26. The van der Waals surface area contributed by atoms with Crippen molar-refractivity contribution in [3.8, 4) is 0 Å². The van der Waals surface area contributed by atoms with Gasteiger partial charge in [0.2, 0.25) is 10.0 Å². The molecule has 0 fully saturated rings. The number of carboxylic acids is 1. The molecule has 0 spiro atoms. The zero-order valence-electron chi connectivity index (χ0n) is 12.4. The number of aliphatic carboxylic acids is 1. The van der Waals surface area contributed by atoms with Gasteiger partial charge in [0.15, 0.2) is 4.90 Å². The molecule has 1 aromatic rings. The van der Waals surface area contributed by atoms with Gasteiger partial charge in [0.05, 0.1) is 11.3 Å². The first-order valence-corrected chi connectivity index (χ1v) is 7.93. The Morgan fingerprint density at radius 3 is 2.45 bits per heavy atom. The molecule has 9 heteroatoms. The molecule has 0 bridgehead atoms. The summed E-state index contributed by atoms with van der Waals surface area (Å²) in [5, 5.41) is 19.8. The lowest BCUT2D eigenvalue weighted by atomic mass is 9.83. The van der Waals surface area contributed by atoms with Crippen molar-refractivity contribution in [2.45, 2.75) is 38.1 Å². The smallest absolute Gasteiger partial charge is 0.303 e. The summed E-state index contributed by atoms with van der Waals surface area (Å²) >= 11 is 0. The van der Waals surface area contributed by atoms with E-state index in [2.05, 4.69) is 4.72 Å². The Bertz CT molecular complexity index is 684. The maximum Gasteiger partial charge on any atom is 0.303 e. The molecule has 122 valence electrons. The van der Waals surface area contributed by atoms with Crippen molar-refractivity contribution in [2.75, 3.05) is 0 Å². The highest BCUT2D eigenvalue weighted by Crippen LogP contribution is 2.28. The molecule has 2 N–H and O–H groups in total. The first kappa shape index (κ1) is 18.1. The number of para-hydroxylation sites is 1. The zero-order valence-corrected chi connectivity index (χ0v) is 13.3. The van der Waals surface area contributed by atoms with Crippen LogP contribution in [0.1, 0.15) is 27.2 Å². The second-order valence-corrected chi connectivity index (χ2v) is 7.31. The number of carbonyl (C=O) groups is 1. The lowest BCUT2D eigenvalue weighted by molar-refractivity contribution is -0.387. The predicted octanol–water partition coefficient (Wildman–Crippen LogP) is 1.76. The summed E-state index contributed by atoms with van der Waals surface area (Å²) in [5.41, 5.74) is -1.39. The minimum Gasteiger partial charge on any atom is -0.481 e. The third kappa shape index (κ3) is 4.25. The van der Waals surface area contributed by atoms with Gasteiger partial charge in [0.25, 0.3) is 5.69 Å². The number of nitrogens with zero attached hydrogens (tertiary/aromatic N) is 1. The monoisotopic (exact) mass is 330 g/mol. The van der Waals surface area contributed by atoms with Gasteiger partial charge < -0.3 is 5.11 Å². The molecule has 0 aliphatic rings. The van der Waals surface area contributed by atoms with Crippen LogP contribution in [0.5, 0.6) is 0 Å². The van der Waals surface area contributed by atoms with Gasteiger partial charge in [-0.15, -0.1) is 0 Å². The van der Waals surface area contributed by atoms with Crippen molar-refractivity contribution >= 4 is 21.7 Å². The number of rotatable bonds is 7. The highest BCUT2D eigenvalue weighted by molar-refractivity contribution is 7.89. The van der Waals surface area contributed by atoms with Gasteiger partial charge in [0, 0.05) is 12.1 Å². The van der Waals surface area contributed by atoms with Gasteiger partial charge in [-0.1, -0.05) is 26.0 Å². The molecule has 0 aliphatic heterocycles. The van der Waals surface area contributed by atoms with E-state index in [-0.39, 0.29) is 6.42 Å². The second-order valence-electron chi connectivity index (χ2n) is 5.63. The van der Waals surface area contributed by atoms with E-state index in [1.54, 1.807) is 13.8 Å². The number of hydrogen-bond acceptors (Lipinski definition) is 5. The normalized spacial score (nSPS) is 13.6. The summed E-state index contributed by atoms with van der Waals surface area (Å²) in [5.74, 6) is -1.05. The first-order valence-electron chi connectivity index (χ1n) is 6.45. The van der Waals surface area contributed by atoms with Crippen LogP contribution in [0.25, 0.3) is 0 Å². The molecule has 8 nitrogen and oxygen atoms in total. The molecule has 1 rings (SSSR count). The van der Waals surface area contributed by atoms with E-state index in [4.69, 9.17) is 5.11 Å². The van der Waals surface area contributed by atoms with Crippen LogP contribution in [-0.2, 0) is 14.8 Å². The van der Waals surface area contributed by atoms with Gasteiger partial charge >= 0.3 is 5.97 Å². The molecule has 0 saturated heterocycles. The number of carboxylic acid groups (broad SMARTS) is 1. The highest BCUT2D eigenvalue weighted by atomic mass is 32.2. The third-order valence-corrected chi connectivity index (χ3v) is 5.05. The van der Waals surface area contributed by atoms with Crippen LogP contribution in [0.3, 0.4) is 0 Å². The van der Waals surface area contributed by atoms with Crippen LogP contribution >= 0.6 is 0 Å². The highest BCUT2D eigenvalue weighted by Gasteiger charge is 2.34. The summed E-state index contributed by atoms with van der Waals surface area (Å²) < 4.78 is 27.0. The maximum atomic E-state index is 12.3. The molecule has 0 heterocycles. The van der Waals surface area contributed by atoms with E-state index in [0.29, 0.717) is 0 Å². The van der Waals surface area contributed by atoms with E-state index in [9.17, 15) is 23.3 Å². The van der Waals surface area contributed by atoms with Crippen LogP contribution < -0.4 is 4.72 Å². The van der Waals surface area contributed by atoms with E-state index in [0.717, 1.165) is 12.1 Å². The predicted molar refractivity (Wildman–Crippen MR) is 78.9 cm³/mol. The molecular formula is C13H18N2O6S. The summed E-state index contributed by atoms with van der Waals surface area (Å²) in [4.78, 5) is 20.5. The lowest BCUT2D eigenvalue weighted by Crippen LogP contribution is -2.43. The molecule has 0 saturated carbocycles. The Labute approximate surface area is 128 Å². The topological polar surface area (TPSA) is 127 Å². The Hall–Kier alpha value is -2.00. The fraction of sp³-hybridized carbons (Fsp3) is 0.462. The van der Waals surface area contributed by atoms with Crippen molar-refractivity contribution in [3.05, 3.63) is 34.4 Å². The van der Waals surface area contributed by atoms with Gasteiger partial charge in [-0.2, -0.15) is 0 Å². The minimum atomic E-state index is -4.14. The van der Waals surface area contributed by atoms with Crippen molar-refractivity contribution in [3.63, 3.8) is 0 Å². The maximum absolute atomic E-state index is 12.3. The standard InChI is InChI=1S/C13H18N2O6S/c1-9(13(2,3)8-12(16)17)14-22(20,21)11-7-5-4-6-10(11)15(18)19/h4-7,9,14H,8H2,1-3H3,(H,16,17). The number of benzene rings is 1. The molecule has 0 radical (unpaired) electrons. The van der Waals surface area contributed by atoms with Gasteiger partial charge in [-0.05, 0) is 18.4 Å². The fourth-order valence-electron chi connectivity index (χ4n) is 1.83. The number of sulfonamides is 1. The largest absolute Gasteiger partial charge is 0.481 e. The average Bonchev–Trinajstić information content (AvgIpc) is 2.36. The Balaban J connectivity index is 3.12. The van der Waals surface area contributed by atoms with Gasteiger partial charge in [0.1, 0.15) is 0 Å². The summed E-state index contributed by atoms with van der Waals surface area (Å²) in [6.45, 7) is 4.73. The first-order chi connectivity index (χ1) is 9.97. The molecule has 1 aromatic carbocycles. The SMILES string of the molecule is CC(NS(=O)(=O)c1ccccc1[N+](=O)[O-])C(C)(C)CC(=O)O. The molecule has 1 atom stereocenters. The number of nitrogens with one attached hydrogen (secondary N) is 1. The zero-order chi connectivity index (χ0) is 17.1. The van der Waals surface area contributed by atoms with Crippen molar-refractivity contribution in [2.24, 2.45) is 5.41 Å². The molecular weight excluding hydrogens is 312 g/mol. The van der Waals surface area contributed by atoms with Gasteiger partial charge in [-0.3, -0.25) is 14.9 Å². The van der Waals surface area contributed by atoms with Crippen molar-refractivity contribution in [1.29, 1.82) is 0 Å². The summed E-state index contributed by atoms with van der Waals surface area (Å²) in [7, 11) is -4.14. The molecule has 0 aliphatic carbocycles. The minimum absolute atomic E-state index is 0.242. The molecule has 22 heavy (non-hydrogen) atoms. The number of nitro groups is 1. The summed E-state index contributed by atoms with van der Waals surface area (Å²) in [6.07, 6.45) is -0.242. The van der Waals surface area contributed by atoms with E-state index >= 15 is 0 Å². The van der Waals surface area contributed by atoms with Gasteiger partial charge in [-0.25, -0.2) is 13.1 Å². The van der Waals surface area contributed by atoms with Crippen LogP contribution in [0.2, 0.25) is 0 Å². The Kier molecular flexibility index (Phi) is 5.26. The van der Waals surface area contributed by atoms with Crippen molar-refractivity contribution in [1.82, 2.24) is 4.72 Å². The van der Waals surface area contributed by atoms with Crippen LogP contribution in [0, 0.1) is 15.5 Å². The molecule has 1 unspecified atom stereocenters. The fourth-order valence-corrected chi connectivity index (χ4v) is 3.42. The van der Waals surface area contributed by atoms with Crippen LogP contribution in [-0.4, -0.2) is 30.5 Å². The second kappa shape index (κ2) is 6.41. The van der Waals surface area contributed by atoms with E-state index < -0.39 is 43.0 Å². The quantitative estimate of drug-likeness (QED) is 0.579. The van der Waals surface area contributed by atoms with Crippen LogP contribution in [0.15, 0.2) is 29.2 Å². The van der Waals surface area contributed by atoms with Crippen LogP contribution in [0.4, 0.5) is 5.69 Å². The van der Waals surface area contributed by atoms with E-state index in [1.807, 2.05) is 0 Å². The third-order valence-electron chi connectivity index (χ3n) is 3.46. The number of nitro benzene ring substituents is 1. The molecule has 0 amide bonds. The Morgan fingerprint density at radius 2 is 1.95 bits per heavy atom. The lowest BCUT2D eigenvalue weighted by Gasteiger charge is -2.30. The molecule has 0 aromatic heterocycles. The van der Waals surface area contributed by atoms with Crippen molar-refractivity contribution < 1.29 is 23.2 Å².